The average molecular weight is 184 g/mol. The van der Waals surface area contributed by atoms with E-state index in [0.29, 0.717) is 5.92 Å². The van der Waals surface area contributed by atoms with Crippen molar-refractivity contribution in [2.75, 3.05) is 13.2 Å². The third-order valence-corrected chi connectivity index (χ3v) is 3.32. The van der Waals surface area contributed by atoms with Crippen LogP contribution in [0.3, 0.4) is 0 Å². The van der Waals surface area contributed by atoms with E-state index in [4.69, 9.17) is 9.47 Å². The van der Waals surface area contributed by atoms with Gasteiger partial charge in [-0.2, -0.15) is 0 Å². The van der Waals surface area contributed by atoms with E-state index in [9.17, 15) is 0 Å². The number of ether oxygens (including phenoxy) is 2. The van der Waals surface area contributed by atoms with Gasteiger partial charge in [0.1, 0.15) is 0 Å². The van der Waals surface area contributed by atoms with Crippen LogP contribution in [0.25, 0.3) is 0 Å². The maximum Gasteiger partial charge on any atom is 0.160 e. The van der Waals surface area contributed by atoms with Gasteiger partial charge in [0, 0.05) is 12.5 Å². The van der Waals surface area contributed by atoms with E-state index < -0.39 is 0 Å². The summed E-state index contributed by atoms with van der Waals surface area (Å²) in [4.78, 5) is 0. The van der Waals surface area contributed by atoms with Crippen LogP contribution in [0.15, 0.2) is 0 Å². The molecule has 76 valence electrons. The number of hydrogen-bond acceptors (Lipinski definition) is 2. The second-order valence-electron chi connectivity index (χ2n) is 4.28. The molecule has 0 N–H and O–H groups in total. The van der Waals surface area contributed by atoms with Crippen LogP contribution >= 0.6 is 0 Å². The topological polar surface area (TPSA) is 18.5 Å². The summed E-state index contributed by atoms with van der Waals surface area (Å²) in [5, 5.41) is 0. The fourth-order valence-electron chi connectivity index (χ4n) is 2.51. The van der Waals surface area contributed by atoms with Gasteiger partial charge in [0.25, 0.3) is 0 Å². The Balaban J connectivity index is 1.84. The van der Waals surface area contributed by atoms with Crippen LogP contribution in [-0.2, 0) is 9.47 Å². The summed E-state index contributed by atoms with van der Waals surface area (Å²) in [6.45, 7) is 4.10. The third kappa shape index (κ3) is 2.05. The molecule has 2 aliphatic heterocycles. The number of rotatable bonds is 3. The molecule has 2 unspecified atom stereocenters. The van der Waals surface area contributed by atoms with Gasteiger partial charge in [-0.1, -0.05) is 19.8 Å². The molecule has 2 fully saturated rings. The fourth-order valence-corrected chi connectivity index (χ4v) is 2.51. The second-order valence-corrected chi connectivity index (χ2v) is 4.28. The highest BCUT2D eigenvalue weighted by atomic mass is 16.7. The summed E-state index contributed by atoms with van der Waals surface area (Å²) in [7, 11) is 0. The highest BCUT2D eigenvalue weighted by molar-refractivity contribution is 4.81. The molecule has 0 spiro atoms. The van der Waals surface area contributed by atoms with Crippen molar-refractivity contribution >= 4 is 0 Å². The molecule has 2 saturated heterocycles. The lowest BCUT2D eigenvalue weighted by atomic mass is 9.86. The van der Waals surface area contributed by atoms with Crippen LogP contribution in [0.1, 0.15) is 39.0 Å². The Morgan fingerprint density at radius 1 is 1.31 bits per heavy atom. The quantitative estimate of drug-likeness (QED) is 0.671. The molecule has 2 nitrogen and oxygen atoms in total. The maximum atomic E-state index is 5.64. The van der Waals surface area contributed by atoms with Gasteiger partial charge in [-0.25, -0.2) is 0 Å². The second kappa shape index (κ2) is 4.43. The molecule has 0 aliphatic carbocycles. The van der Waals surface area contributed by atoms with Gasteiger partial charge in [-0.3, -0.25) is 0 Å². The van der Waals surface area contributed by atoms with Crippen LogP contribution in [0.4, 0.5) is 0 Å². The predicted octanol–water partition coefficient (Wildman–Crippen LogP) is 2.58. The van der Waals surface area contributed by atoms with E-state index in [1.165, 1.54) is 32.1 Å². The first-order valence-corrected chi connectivity index (χ1v) is 5.65. The van der Waals surface area contributed by atoms with Crippen LogP contribution in [0, 0.1) is 11.8 Å². The molecule has 0 bridgehead atoms. The van der Waals surface area contributed by atoms with E-state index >= 15 is 0 Å². The summed E-state index contributed by atoms with van der Waals surface area (Å²) in [5.74, 6) is 1.49. The largest absolute Gasteiger partial charge is 0.352 e. The summed E-state index contributed by atoms with van der Waals surface area (Å²) in [5.41, 5.74) is 0. The maximum absolute atomic E-state index is 5.64. The predicted molar refractivity (Wildman–Crippen MR) is 51.4 cm³/mol. The van der Waals surface area contributed by atoms with Gasteiger partial charge in [0.05, 0.1) is 6.61 Å². The number of fused-ring (bicyclic) bond motifs is 1. The van der Waals surface area contributed by atoms with E-state index in [0.717, 1.165) is 19.1 Å². The van der Waals surface area contributed by atoms with E-state index in [-0.39, 0.29) is 6.29 Å². The molecule has 0 aromatic carbocycles. The van der Waals surface area contributed by atoms with Crippen molar-refractivity contribution in [3.8, 4) is 0 Å². The minimum absolute atomic E-state index is 0.149. The Kier molecular flexibility index (Phi) is 3.23. The van der Waals surface area contributed by atoms with Crippen molar-refractivity contribution in [1.29, 1.82) is 0 Å². The van der Waals surface area contributed by atoms with Crippen molar-refractivity contribution in [3.05, 3.63) is 0 Å². The molecule has 0 aromatic heterocycles. The van der Waals surface area contributed by atoms with E-state index in [1.54, 1.807) is 0 Å². The average Bonchev–Trinajstić information content (AvgIpc) is 2.58. The van der Waals surface area contributed by atoms with Crippen LogP contribution in [0.5, 0.6) is 0 Å². The Labute approximate surface area is 80.6 Å². The normalized spacial score (nSPS) is 39.0. The molecule has 2 aliphatic rings. The first kappa shape index (κ1) is 9.47. The van der Waals surface area contributed by atoms with Crippen molar-refractivity contribution in [2.24, 2.45) is 11.8 Å². The summed E-state index contributed by atoms with van der Waals surface area (Å²) < 4.78 is 11.2. The van der Waals surface area contributed by atoms with Gasteiger partial charge >= 0.3 is 0 Å². The zero-order chi connectivity index (χ0) is 9.10. The summed E-state index contributed by atoms with van der Waals surface area (Å²) in [6.07, 6.45) is 6.68. The monoisotopic (exact) mass is 184 g/mol. The van der Waals surface area contributed by atoms with Gasteiger partial charge < -0.3 is 9.47 Å². The molecule has 2 rings (SSSR count). The molecule has 3 atom stereocenters. The van der Waals surface area contributed by atoms with Crippen molar-refractivity contribution in [1.82, 2.24) is 0 Å². The van der Waals surface area contributed by atoms with Gasteiger partial charge in [-0.15, -0.1) is 0 Å². The molecule has 0 amide bonds. The minimum atomic E-state index is 0.149. The minimum Gasteiger partial charge on any atom is -0.352 e. The zero-order valence-electron chi connectivity index (χ0n) is 8.50. The number of hydrogen-bond donors (Lipinski definition) is 0. The molecule has 2 heterocycles. The lowest BCUT2D eigenvalue weighted by molar-refractivity contribution is -0.151. The molecule has 0 aromatic rings. The zero-order valence-corrected chi connectivity index (χ0v) is 8.50. The Bertz CT molecular complexity index is 158. The van der Waals surface area contributed by atoms with Crippen molar-refractivity contribution in [3.63, 3.8) is 0 Å². The van der Waals surface area contributed by atoms with Crippen molar-refractivity contribution in [2.45, 2.75) is 45.3 Å². The standard InChI is InChI=1S/C11H20O2/c1-2-3-5-9-8-13-11-10(9)6-4-7-12-11/h9-11H,2-8H2,1H3/t9-,10?,11?/m1/s1. The first-order valence-electron chi connectivity index (χ1n) is 5.65. The SMILES string of the molecule is CCCC[C@@H]1COC2OCCCC21. The van der Waals surface area contributed by atoms with Gasteiger partial charge in [-0.05, 0) is 25.2 Å². The molecule has 0 saturated carbocycles. The van der Waals surface area contributed by atoms with Gasteiger partial charge in [0.2, 0.25) is 0 Å². The third-order valence-electron chi connectivity index (χ3n) is 3.32. The Morgan fingerprint density at radius 3 is 3.08 bits per heavy atom. The smallest absolute Gasteiger partial charge is 0.160 e. The molecule has 2 heteroatoms. The molecular formula is C11H20O2. The van der Waals surface area contributed by atoms with Crippen LogP contribution in [-0.4, -0.2) is 19.5 Å². The first-order chi connectivity index (χ1) is 6.42. The van der Waals surface area contributed by atoms with Crippen LogP contribution < -0.4 is 0 Å². The van der Waals surface area contributed by atoms with Crippen LogP contribution in [0.2, 0.25) is 0 Å². The Morgan fingerprint density at radius 2 is 2.23 bits per heavy atom. The summed E-state index contributed by atoms with van der Waals surface area (Å²) in [6, 6.07) is 0. The summed E-state index contributed by atoms with van der Waals surface area (Å²) >= 11 is 0. The molecule has 0 radical (unpaired) electrons. The lowest BCUT2D eigenvalue weighted by Gasteiger charge is -2.27. The molecule has 13 heavy (non-hydrogen) atoms. The molecular weight excluding hydrogens is 164 g/mol. The van der Waals surface area contributed by atoms with E-state index in [2.05, 4.69) is 6.92 Å². The highest BCUT2D eigenvalue weighted by Gasteiger charge is 2.38. The van der Waals surface area contributed by atoms with Crippen molar-refractivity contribution < 1.29 is 9.47 Å². The van der Waals surface area contributed by atoms with E-state index in [1.807, 2.05) is 0 Å². The Hall–Kier alpha value is -0.0800. The van der Waals surface area contributed by atoms with Gasteiger partial charge in [0.15, 0.2) is 6.29 Å². The fraction of sp³-hybridized carbons (Fsp3) is 1.00. The number of unbranched alkanes of at least 4 members (excludes halogenated alkanes) is 1. The highest BCUT2D eigenvalue weighted by Crippen LogP contribution is 2.37. The lowest BCUT2D eigenvalue weighted by Crippen LogP contribution is -2.28.